The molecule has 0 spiro atoms. The number of nitrogens with two attached hydrogens (primary N) is 1. The Kier molecular flexibility index (Phi) is 3.34. The molecule has 0 amide bonds. The zero-order valence-corrected chi connectivity index (χ0v) is 11.2. The van der Waals surface area contributed by atoms with Crippen LogP contribution in [0.15, 0.2) is 30.5 Å². The third-order valence-corrected chi connectivity index (χ3v) is 2.90. The molecule has 0 bridgehead atoms. The molecule has 0 atom stereocenters. The molecular formula is C13H11N3O3S. The molecule has 1 aromatic carbocycles. The van der Waals surface area contributed by atoms with Crippen molar-refractivity contribution < 1.29 is 14.2 Å². The average molecular weight is 289 g/mol. The molecule has 3 rings (SSSR count). The first-order valence-electron chi connectivity index (χ1n) is 5.86. The van der Waals surface area contributed by atoms with Crippen molar-refractivity contribution in [1.82, 2.24) is 9.97 Å². The Labute approximate surface area is 120 Å². The summed E-state index contributed by atoms with van der Waals surface area (Å²) < 4.78 is 16.1. The Bertz CT molecular complexity index is 663. The van der Waals surface area contributed by atoms with E-state index in [0.717, 1.165) is 11.3 Å². The SMILES string of the molecule is NC(=S)c1ccnc(OCc2ccc3c(c2)OCO3)n1. The number of ether oxygens (including phenoxy) is 3. The van der Waals surface area contributed by atoms with Crippen LogP contribution < -0.4 is 19.9 Å². The zero-order valence-electron chi connectivity index (χ0n) is 10.4. The lowest BCUT2D eigenvalue weighted by Gasteiger charge is -2.06. The molecule has 0 fully saturated rings. The van der Waals surface area contributed by atoms with E-state index in [-0.39, 0.29) is 17.8 Å². The van der Waals surface area contributed by atoms with Crippen molar-refractivity contribution in [2.24, 2.45) is 5.73 Å². The number of nitrogens with zero attached hydrogens (tertiary/aromatic N) is 2. The van der Waals surface area contributed by atoms with E-state index >= 15 is 0 Å². The second-order valence-corrected chi connectivity index (χ2v) is 4.50. The summed E-state index contributed by atoms with van der Waals surface area (Å²) in [6.45, 7) is 0.566. The standard InChI is InChI=1S/C13H11N3O3S/c14-12(20)9-3-4-15-13(16-9)17-6-8-1-2-10-11(5-8)19-7-18-10/h1-5H,6-7H2,(H2,14,20). The van der Waals surface area contributed by atoms with E-state index in [9.17, 15) is 0 Å². The Balaban J connectivity index is 1.70. The molecule has 7 heteroatoms. The molecule has 2 N–H and O–H groups in total. The smallest absolute Gasteiger partial charge is 0.317 e. The first-order chi connectivity index (χ1) is 9.72. The van der Waals surface area contributed by atoms with Crippen LogP contribution in [-0.2, 0) is 6.61 Å². The van der Waals surface area contributed by atoms with Gasteiger partial charge in [0.25, 0.3) is 0 Å². The summed E-state index contributed by atoms with van der Waals surface area (Å²) in [5, 5.41) is 0. The van der Waals surface area contributed by atoms with Crippen molar-refractivity contribution in [2.45, 2.75) is 6.61 Å². The van der Waals surface area contributed by atoms with Crippen LogP contribution in [-0.4, -0.2) is 21.7 Å². The average Bonchev–Trinajstić information content (AvgIpc) is 2.93. The van der Waals surface area contributed by atoms with Gasteiger partial charge in [-0.3, -0.25) is 0 Å². The van der Waals surface area contributed by atoms with Gasteiger partial charge in [-0.15, -0.1) is 0 Å². The topological polar surface area (TPSA) is 79.5 Å². The van der Waals surface area contributed by atoms with E-state index in [0.29, 0.717) is 18.1 Å². The minimum Gasteiger partial charge on any atom is -0.459 e. The Hall–Kier alpha value is -2.41. The molecule has 1 aliphatic heterocycles. The van der Waals surface area contributed by atoms with Crippen molar-refractivity contribution in [1.29, 1.82) is 0 Å². The Morgan fingerprint density at radius 2 is 2.15 bits per heavy atom. The highest BCUT2D eigenvalue weighted by molar-refractivity contribution is 7.80. The lowest BCUT2D eigenvalue weighted by molar-refractivity contribution is 0.174. The van der Waals surface area contributed by atoms with Crippen LogP contribution in [0.1, 0.15) is 11.3 Å². The maximum absolute atomic E-state index is 5.51. The van der Waals surface area contributed by atoms with Gasteiger partial charge in [-0.1, -0.05) is 18.3 Å². The van der Waals surface area contributed by atoms with Crippen molar-refractivity contribution in [3.8, 4) is 17.5 Å². The highest BCUT2D eigenvalue weighted by Gasteiger charge is 2.13. The van der Waals surface area contributed by atoms with E-state index < -0.39 is 0 Å². The van der Waals surface area contributed by atoms with E-state index in [1.54, 1.807) is 12.3 Å². The maximum atomic E-state index is 5.51. The third kappa shape index (κ3) is 2.62. The van der Waals surface area contributed by atoms with Crippen molar-refractivity contribution in [2.75, 3.05) is 6.79 Å². The van der Waals surface area contributed by atoms with Crippen molar-refractivity contribution in [3.05, 3.63) is 41.7 Å². The lowest BCUT2D eigenvalue weighted by atomic mass is 10.2. The predicted molar refractivity (Wildman–Crippen MR) is 74.8 cm³/mol. The zero-order chi connectivity index (χ0) is 13.9. The molecule has 6 nitrogen and oxygen atoms in total. The summed E-state index contributed by atoms with van der Waals surface area (Å²) in [7, 11) is 0. The van der Waals surface area contributed by atoms with Gasteiger partial charge in [-0.25, -0.2) is 4.98 Å². The number of hydrogen-bond donors (Lipinski definition) is 1. The van der Waals surface area contributed by atoms with E-state index in [1.807, 2.05) is 18.2 Å². The molecule has 0 saturated carbocycles. The van der Waals surface area contributed by atoms with Crippen molar-refractivity contribution >= 4 is 17.2 Å². The quantitative estimate of drug-likeness (QED) is 0.852. The van der Waals surface area contributed by atoms with Crippen LogP contribution in [0.2, 0.25) is 0 Å². The summed E-state index contributed by atoms with van der Waals surface area (Å²) in [6.07, 6.45) is 1.55. The fourth-order valence-corrected chi connectivity index (χ4v) is 1.84. The fourth-order valence-electron chi connectivity index (χ4n) is 1.73. The van der Waals surface area contributed by atoms with Gasteiger partial charge in [0.15, 0.2) is 11.5 Å². The molecule has 2 aromatic rings. The molecule has 0 saturated heterocycles. The van der Waals surface area contributed by atoms with Crippen LogP contribution in [0.25, 0.3) is 0 Å². The molecule has 102 valence electrons. The molecule has 20 heavy (non-hydrogen) atoms. The predicted octanol–water partition coefficient (Wildman–Crippen LogP) is 1.42. The van der Waals surface area contributed by atoms with Crippen LogP contribution in [0, 0.1) is 0 Å². The molecule has 2 heterocycles. The minimum atomic E-state index is 0.209. The second-order valence-electron chi connectivity index (χ2n) is 4.06. The van der Waals surface area contributed by atoms with Gasteiger partial charge in [0.2, 0.25) is 6.79 Å². The fraction of sp³-hybridized carbons (Fsp3) is 0.154. The van der Waals surface area contributed by atoms with Gasteiger partial charge in [-0.2, -0.15) is 4.98 Å². The van der Waals surface area contributed by atoms with Gasteiger partial charge in [0.05, 0.1) is 0 Å². The number of fused-ring (bicyclic) bond motifs is 1. The molecule has 0 radical (unpaired) electrons. The summed E-state index contributed by atoms with van der Waals surface area (Å²) in [5.74, 6) is 1.45. The minimum absolute atomic E-state index is 0.209. The van der Waals surface area contributed by atoms with Crippen LogP contribution in [0.4, 0.5) is 0 Å². The molecule has 0 aliphatic carbocycles. The summed E-state index contributed by atoms with van der Waals surface area (Å²) in [4.78, 5) is 8.32. The third-order valence-electron chi connectivity index (χ3n) is 2.69. The van der Waals surface area contributed by atoms with E-state index in [2.05, 4.69) is 9.97 Å². The van der Waals surface area contributed by atoms with Crippen LogP contribution >= 0.6 is 12.2 Å². The summed E-state index contributed by atoms with van der Waals surface area (Å²) >= 11 is 4.85. The highest BCUT2D eigenvalue weighted by Crippen LogP contribution is 2.32. The number of benzene rings is 1. The number of hydrogen-bond acceptors (Lipinski definition) is 6. The lowest BCUT2D eigenvalue weighted by Crippen LogP contribution is -2.12. The molecular weight excluding hydrogens is 278 g/mol. The van der Waals surface area contributed by atoms with Crippen LogP contribution in [0.3, 0.4) is 0 Å². The first-order valence-corrected chi connectivity index (χ1v) is 6.27. The Morgan fingerprint density at radius 1 is 1.30 bits per heavy atom. The van der Waals surface area contributed by atoms with Crippen molar-refractivity contribution in [3.63, 3.8) is 0 Å². The van der Waals surface area contributed by atoms with Crippen LogP contribution in [0.5, 0.6) is 17.5 Å². The first kappa shape index (κ1) is 12.6. The molecule has 1 aliphatic rings. The molecule has 0 unspecified atom stereocenters. The molecule has 1 aromatic heterocycles. The van der Waals surface area contributed by atoms with Gasteiger partial charge < -0.3 is 19.9 Å². The van der Waals surface area contributed by atoms with E-state index in [1.165, 1.54) is 0 Å². The normalized spacial score (nSPS) is 12.2. The van der Waals surface area contributed by atoms with Gasteiger partial charge in [-0.05, 0) is 23.8 Å². The van der Waals surface area contributed by atoms with E-state index in [4.69, 9.17) is 32.2 Å². The number of thiocarbonyl (C=S) groups is 1. The monoisotopic (exact) mass is 289 g/mol. The van der Waals surface area contributed by atoms with Gasteiger partial charge in [0, 0.05) is 6.20 Å². The maximum Gasteiger partial charge on any atom is 0.317 e. The van der Waals surface area contributed by atoms with Gasteiger partial charge in [0.1, 0.15) is 17.3 Å². The number of rotatable bonds is 4. The summed E-state index contributed by atoms with van der Waals surface area (Å²) in [6, 6.07) is 7.46. The second kappa shape index (κ2) is 5.30. The number of aromatic nitrogens is 2. The van der Waals surface area contributed by atoms with Gasteiger partial charge >= 0.3 is 6.01 Å². The highest BCUT2D eigenvalue weighted by atomic mass is 32.1. The largest absolute Gasteiger partial charge is 0.459 e. The Morgan fingerprint density at radius 3 is 3.00 bits per heavy atom. The summed E-state index contributed by atoms with van der Waals surface area (Å²) in [5.41, 5.74) is 6.92.